The molecule has 1 aliphatic heterocycles. The molecule has 2 aromatic heterocycles. The maximum absolute atomic E-state index is 13.2. The van der Waals surface area contributed by atoms with Gasteiger partial charge in [-0.3, -0.25) is 9.78 Å². The highest BCUT2D eigenvalue weighted by molar-refractivity contribution is 7.86. The van der Waals surface area contributed by atoms with Crippen molar-refractivity contribution in [3.63, 3.8) is 0 Å². The number of piperidine rings is 1. The van der Waals surface area contributed by atoms with E-state index in [0.29, 0.717) is 30.8 Å². The molecular weight excluding hydrogens is 358 g/mol. The zero-order chi connectivity index (χ0) is 18.6. The minimum Gasteiger partial charge on any atom is -0.481 e. The summed E-state index contributed by atoms with van der Waals surface area (Å²) in [6.07, 6.45) is 4.10. The Morgan fingerprint density at radius 1 is 1.31 bits per heavy atom. The van der Waals surface area contributed by atoms with Gasteiger partial charge >= 0.3 is 5.97 Å². The first-order valence-electron chi connectivity index (χ1n) is 8.37. The molecule has 0 aromatic carbocycles. The first-order chi connectivity index (χ1) is 12.5. The molecule has 0 aliphatic carbocycles. The van der Waals surface area contributed by atoms with Crippen molar-refractivity contribution in [2.45, 2.75) is 25.9 Å². The lowest BCUT2D eigenvalue weighted by atomic mass is 10.0. The van der Waals surface area contributed by atoms with Crippen LogP contribution in [0.5, 0.6) is 0 Å². The van der Waals surface area contributed by atoms with E-state index in [1.807, 2.05) is 0 Å². The van der Waals surface area contributed by atoms with Crippen molar-refractivity contribution in [3.8, 4) is 0 Å². The summed E-state index contributed by atoms with van der Waals surface area (Å²) in [6, 6.07) is 8.71. The Labute approximate surface area is 152 Å². The van der Waals surface area contributed by atoms with Gasteiger partial charge in [-0.1, -0.05) is 6.07 Å². The van der Waals surface area contributed by atoms with Crippen molar-refractivity contribution in [2.75, 3.05) is 13.1 Å². The Kier molecular flexibility index (Phi) is 5.70. The number of pyridine rings is 1. The molecule has 1 unspecified atom stereocenters. The molecule has 0 saturated carbocycles. The summed E-state index contributed by atoms with van der Waals surface area (Å²) in [6.45, 7) is 0.426. The molecule has 0 radical (unpaired) electrons. The minimum atomic E-state index is -3.86. The zero-order valence-corrected chi connectivity index (χ0v) is 15.0. The van der Waals surface area contributed by atoms with Crippen molar-refractivity contribution < 1.29 is 22.7 Å². The van der Waals surface area contributed by atoms with Gasteiger partial charge in [-0.2, -0.15) is 17.0 Å². The highest BCUT2D eigenvalue weighted by Gasteiger charge is 2.36. The van der Waals surface area contributed by atoms with E-state index in [4.69, 9.17) is 4.42 Å². The van der Waals surface area contributed by atoms with Gasteiger partial charge in [0, 0.05) is 19.3 Å². The zero-order valence-electron chi connectivity index (χ0n) is 14.2. The molecular formula is C17H21N3O5S. The second-order valence-corrected chi connectivity index (χ2v) is 8.14. The van der Waals surface area contributed by atoms with Crippen LogP contribution in [0, 0.1) is 5.92 Å². The van der Waals surface area contributed by atoms with Gasteiger partial charge in [0.25, 0.3) is 10.2 Å². The number of aliphatic carboxylic acids is 1. The molecule has 26 heavy (non-hydrogen) atoms. The van der Waals surface area contributed by atoms with E-state index in [2.05, 4.69) is 4.98 Å². The minimum absolute atomic E-state index is 0.0193. The fraction of sp³-hybridized carbons (Fsp3) is 0.412. The Morgan fingerprint density at radius 2 is 2.15 bits per heavy atom. The molecule has 0 amide bonds. The van der Waals surface area contributed by atoms with Gasteiger partial charge in [0.05, 0.1) is 31.0 Å². The van der Waals surface area contributed by atoms with Crippen LogP contribution in [-0.4, -0.2) is 46.2 Å². The number of carboxylic acids is 1. The summed E-state index contributed by atoms with van der Waals surface area (Å²) in [5, 5.41) is 9.24. The maximum Gasteiger partial charge on any atom is 0.307 e. The third kappa shape index (κ3) is 4.29. The predicted octanol–water partition coefficient (Wildman–Crippen LogP) is 1.72. The molecule has 3 rings (SSSR count). The largest absolute Gasteiger partial charge is 0.481 e. The fourth-order valence-corrected chi connectivity index (χ4v) is 4.63. The average molecular weight is 379 g/mol. The number of aromatic nitrogens is 1. The van der Waals surface area contributed by atoms with Crippen molar-refractivity contribution in [1.82, 2.24) is 13.6 Å². The molecule has 1 aliphatic rings. The van der Waals surface area contributed by atoms with E-state index in [1.165, 1.54) is 14.9 Å². The highest BCUT2D eigenvalue weighted by Crippen LogP contribution is 2.23. The fourth-order valence-electron chi connectivity index (χ4n) is 2.98. The topological polar surface area (TPSA) is 104 Å². The molecule has 0 bridgehead atoms. The first-order valence-corrected chi connectivity index (χ1v) is 9.77. The molecule has 3 heterocycles. The molecule has 1 N–H and O–H groups in total. The summed E-state index contributed by atoms with van der Waals surface area (Å²) in [5.74, 6) is -1.14. The van der Waals surface area contributed by atoms with Crippen LogP contribution in [0.3, 0.4) is 0 Å². The maximum atomic E-state index is 13.2. The molecule has 8 nitrogen and oxygen atoms in total. The van der Waals surface area contributed by atoms with E-state index in [1.54, 1.807) is 36.5 Å². The van der Waals surface area contributed by atoms with Gasteiger partial charge in [-0.25, -0.2) is 0 Å². The predicted molar refractivity (Wildman–Crippen MR) is 93.0 cm³/mol. The van der Waals surface area contributed by atoms with Gasteiger partial charge in [0.2, 0.25) is 0 Å². The molecule has 140 valence electrons. The second-order valence-electron chi connectivity index (χ2n) is 6.21. The lowest BCUT2D eigenvalue weighted by Gasteiger charge is -2.34. The molecule has 0 spiro atoms. The number of rotatable bonds is 7. The van der Waals surface area contributed by atoms with E-state index in [9.17, 15) is 18.3 Å². The average Bonchev–Trinajstić information content (AvgIpc) is 3.15. The standard InChI is InChI=1S/C17H21N3O5S/c21-17(22)14-5-3-9-19(11-14)26(23,24)20(13-16-7-4-10-25-16)12-15-6-1-2-8-18-15/h1-2,4,6-8,10,14H,3,5,9,11-13H2,(H,21,22). The monoisotopic (exact) mass is 379 g/mol. The van der Waals surface area contributed by atoms with Gasteiger partial charge < -0.3 is 9.52 Å². The van der Waals surface area contributed by atoms with Crippen molar-refractivity contribution in [2.24, 2.45) is 5.92 Å². The van der Waals surface area contributed by atoms with E-state index in [-0.39, 0.29) is 19.6 Å². The van der Waals surface area contributed by atoms with Crippen LogP contribution >= 0.6 is 0 Å². The Morgan fingerprint density at radius 3 is 2.81 bits per heavy atom. The SMILES string of the molecule is O=C(O)C1CCCN(S(=O)(=O)N(Cc2ccccn2)Cc2ccco2)C1. The molecule has 1 atom stereocenters. The third-order valence-electron chi connectivity index (χ3n) is 4.36. The van der Waals surface area contributed by atoms with Crippen LogP contribution in [0.4, 0.5) is 0 Å². The summed E-state index contributed by atoms with van der Waals surface area (Å²) < 4.78 is 34.2. The normalized spacial score (nSPS) is 18.9. The van der Waals surface area contributed by atoms with Gasteiger partial charge in [0.15, 0.2) is 0 Å². The highest BCUT2D eigenvalue weighted by atomic mass is 32.2. The number of furan rings is 1. The summed E-state index contributed by atoms with van der Waals surface area (Å²) in [5.41, 5.74) is 0.606. The smallest absolute Gasteiger partial charge is 0.307 e. The van der Waals surface area contributed by atoms with Crippen molar-refractivity contribution in [3.05, 3.63) is 54.2 Å². The van der Waals surface area contributed by atoms with Gasteiger partial charge in [0.1, 0.15) is 5.76 Å². The summed E-state index contributed by atoms with van der Waals surface area (Å²) in [4.78, 5) is 15.5. The lowest BCUT2D eigenvalue weighted by molar-refractivity contribution is -0.142. The van der Waals surface area contributed by atoms with Crippen LogP contribution in [0.2, 0.25) is 0 Å². The van der Waals surface area contributed by atoms with Gasteiger partial charge in [-0.05, 0) is 37.1 Å². The lowest BCUT2D eigenvalue weighted by Crippen LogP contribution is -2.48. The molecule has 2 aromatic rings. The number of hydrogen-bond acceptors (Lipinski definition) is 5. The number of carboxylic acid groups (broad SMARTS) is 1. The number of hydrogen-bond donors (Lipinski definition) is 1. The van der Waals surface area contributed by atoms with Crippen molar-refractivity contribution in [1.29, 1.82) is 0 Å². The molecule has 1 saturated heterocycles. The third-order valence-corrected chi connectivity index (χ3v) is 6.26. The second kappa shape index (κ2) is 7.98. The van der Waals surface area contributed by atoms with Crippen LogP contribution in [0.15, 0.2) is 47.2 Å². The van der Waals surface area contributed by atoms with E-state index in [0.717, 1.165) is 0 Å². The summed E-state index contributed by atoms with van der Waals surface area (Å²) >= 11 is 0. The Bertz CT molecular complexity index is 823. The first kappa shape index (κ1) is 18.6. The van der Waals surface area contributed by atoms with Crippen LogP contribution in [0.25, 0.3) is 0 Å². The van der Waals surface area contributed by atoms with Crippen LogP contribution in [0.1, 0.15) is 24.3 Å². The Hall–Kier alpha value is -2.23. The van der Waals surface area contributed by atoms with Crippen LogP contribution < -0.4 is 0 Å². The number of carbonyl (C=O) groups is 1. The van der Waals surface area contributed by atoms with Crippen LogP contribution in [-0.2, 0) is 28.1 Å². The van der Waals surface area contributed by atoms with E-state index >= 15 is 0 Å². The van der Waals surface area contributed by atoms with Gasteiger partial charge in [-0.15, -0.1) is 0 Å². The van der Waals surface area contributed by atoms with E-state index < -0.39 is 22.1 Å². The number of nitrogens with zero attached hydrogens (tertiary/aromatic N) is 3. The molecule has 1 fully saturated rings. The molecule has 9 heteroatoms. The quantitative estimate of drug-likeness (QED) is 0.785. The Balaban J connectivity index is 1.85. The summed E-state index contributed by atoms with van der Waals surface area (Å²) in [7, 11) is -3.86. The van der Waals surface area contributed by atoms with Crippen molar-refractivity contribution >= 4 is 16.2 Å².